The minimum absolute atomic E-state index is 0.332. The maximum Gasteiger partial charge on any atom is 0.138 e. The molecule has 4 heteroatoms. The summed E-state index contributed by atoms with van der Waals surface area (Å²) in [6.07, 6.45) is 0. The molecule has 0 aliphatic carbocycles. The zero-order valence-corrected chi connectivity index (χ0v) is 11.1. The zero-order valence-electron chi connectivity index (χ0n) is 8.65. The van der Waals surface area contributed by atoms with Crippen LogP contribution in [-0.4, -0.2) is 0 Å². The Morgan fingerprint density at radius 1 is 1.12 bits per heavy atom. The molecule has 84 valence electrons. The first-order chi connectivity index (χ1) is 8.20. The Balaban J connectivity index is 2.32. The van der Waals surface area contributed by atoms with Gasteiger partial charge in [0.2, 0.25) is 0 Å². The number of hydrogen-bond acceptors (Lipinski definition) is 2. The molecule has 0 N–H and O–H groups in total. The van der Waals surface area contributed by atoms with E-state index in [1.807, 2.05) is 30.3 Å². The lowest BCUT2D eigenvalue weighted by atomic mass is 10.2. The molecule has 2 rings (SSSR count). The molecule has 0 fully saturated rings. The van der Waals surface area contributed by atoms with Gasteiger partial charge in [-0.1, -0.05) is 23.9 Å². The topological polar surface area (TPSA) is 23.8 Å². The van der Waals surface area contributed by atoms with Gasteiger partial charge in [0.15, 0.2) is 0 Å². The van der Waals surface area contributed by atoms with E-state index in [9.17, 15) is 4.39 Å². The molecule has 0 saturated heterocycles. The summed E-state index contributed by atoms with van der Waals surface area (Å²) in [5.41, 5.74) is 0.332. The fourth-order valence-electron chi connectivity index (χ4n) is 1.30. The zero-order chi connectivity index (χ0) is 12.3. The molecule has 1 nitrogen and oxygen atoms in total. The monoisotopic (exact) mass is 307 g/mol. The van der Waals surface area contributed by atoms with Gasteiger partial charge in [-0.15, -0.1) is 0 Å². The van der Waals surface area contributed by atoms with Gasteiger partial charge in [0, 0.05) is 14.3 Å². The van der Waals surface area contributed by atoms with E-state index in [1.54, 1.807) is 12.1 Å². The normalized spacial score (nSPS) is 9.94. The molecule has 2 aromatic carbocycles. The lowest BCUT2D eigenvalue weighted by Crippen LogP contribution is -1.84. The van der Waals surface area contributed by atoms with E-state index in [4.69, 9.17) is 5.26 Å². The Labute approximate surface area is 111 Å². The molecule has 0 spiro atoms. The van der Waals surface area contributed by atoms with E-state index in [1.165, 1.54) is 17.8 Å². The van der Waals surface area contributed by atoms with Crippen LogP contribution in [0.15, 0.2) is 56.7 Å². The van der Waals surface area contributed by atoms with Gasteiger partial charge < -0.3 is 0 Å². The van der Waals surface area contributed by atoms with Crippen molar-refractivity contribution < 1.29 is 4.39 Å². The highest BCUT2D eigenvalue weighted by Gasteiger charge is 2.07. The van der Waals surface area contributed by atoms with E-state index in [0.29, 0.717) is 10.5 Å². The standard InChI is InChI=1S/C13H7BrFNS/c14-10-3-1-2-4-12(10)17-13-6-5-9(8-16)7-11(13)15/h1-7H. The average Bonchev–Trinajstić information content (AvgIpc) is 2.34. The summed E-state index contributed by atoms with van der Waals surface area (Å²) in [6.45, 7) is 0. The van der Waals surface area contributed by atoms with Crippen molar-refractivity contribution in [2.45, 2.75) is 9.79 Å². The van der Waals surface area contributed by atoms with Crippen LogP contribution in [0.4, 0.5) is 4.39 Å². The fourth-order valence-corrected chi connectivity index (χ4v) is 2.67. The van der Waals surface area contributed by atoms with Gasteiger partial charge in [-0.25, -0.2) is 4.39 Å². The predicted octanol–water partition coefficient (Wildman–Crippen LogP) is 4.61. The van der Waals surface area contributed by atoms with Gasteiger partial charge in [-0.2, -0.15) is 5.26 Å². The van der Waals surface area contributed by atoms with Gasteiger partial charge in [-0.3, -0.25) is 0 Å². The number of nitriles is 1. The van der Waals surface area contributed by atoms with Crippen molar-refractivity contribution in [2.75, 3.05) is 0 Å². The maximum atomic E-state index is 13.7. The van der Waals surface area contributed by atoms with E-state index >= 15 is 0 Å². The highest BCUT2D eigenvalue weighted by molar-refractivity contribution is 9.10. The summed E-state index contributed by atoms with van der Waals surface area (Å²) in [6, 6.07) is 14.0. The number of halogens is 2. The molecule has 0 amide bonds. The first-order valence-corrected chi connectivity index (χ1v) is 6.43. The second kappa shape index (κ2) is 5.35. The van der Waals surface area contributed by atoms with Crippen molar-refractivity contribution in [1.29, 1.82) is 5.26 Å². The van der Waals surface area contributed by atoms with Gasteiger partial charge in [0.25, 0.3) is 0 Å². The third-order valence-electron chi connectivity index (χ3n) is 2.12. The summed E-state index contributed by atoms with van der Waals surface area (Å²) in [7, 11) is 0. The first-order valence-electron chi connectivity index (χ1n) is 4.83. The third-order valence-corrected chi connectivity index (χ3v) is 4.20. The summed E-state index contributed by atoms with van der Waals surface area (Å²) in [5.74, 6) is -0.371. The average molecular weight is 308 g/mol. The summed E-state index contributed by atoms with van der Waals surface area (Å²) in [5, 5.41) is 8.66. The summed E-state index contributed by atoms with van der Waals surface area (Å²) in [4.78, 5) is 1.45. The van der Waals surface area contributed by atoms with Crippen molar-refractivity contribution in [3.8, 4) is 6.07 Å². The number of nitrogens with zero attached hydrogens (tertiary/aromatic N) is 1. The molecule has 0 atom stereocenters. The first kappa shape index (κ1) is 12.2. The van der Waals surface area contributed by atoms with Gasteiger partial charge in [-0.05, 0) is 46.3 Å². The Bertz CT molecular complexity index is 592. The second-order valence-corrected chi connectivity index (χ2v) is 5.23. The van der Waals surface area contributed by atoms with Crippen LogP contribution >= 0.6 is 27.7 Å². The van der Waals surface area contributed by atoms with Crippen molar-refractivity contribution >= 4 is 27.7 Å². The van der Waals surface area contributed by atoms with Crippen molar-refractivity contribution in [2.24, 2.45) is 0 Å². The number of rotatable bonds is 2. The Kier molecular flexibility index (Phi) is 3.82. The smallest absolute Gasteiger partial charge is 0.138 e. The second-order valence-electron chi connectivity index (χ2n) is 3.29. The molecule has 0 aliphatic rings. The van der Waals surface area contributed by atoms with Crippen LogP contribution in [0.3, 0.4) is 0 Å². The van der Waals surface area contributed by atoms with Gasteiger partial charge in [0.05, 0.1) is 11.6 Å². The van der Waals surface area contributed by atoms with Crippen LogP contribution in [-0.2, 0) is 0 Å². The van der Waals surface area contributed by atoms with E-state index in [0.717, 1.165) is 9.37 Å². The lowest BCUT2D eigenvalue weighted by Gasteiger charge is -2.05. The number of benzene rings is 2. The SMILES string of the molecule is N#Cc1ccc(Sc2ccccc2Br)c(F)c1. The largest absolute Gasteiger partial charge is 0.206 e. The molecular formula is C13H7BrFNS. The molecule has 0 bridgehead atoms. The van der Waals surface area contributed by atoms with Crippen LogP contribution in [0, 0.1) is 17.1 Å². The third kappa shape index (κ3) is 2.87. The van der Waals surface area contributed by atoms with Crippen LogP contribution in [0.5, 0.6) is 0 Å². The summed E-state index contributed by atoms with van der Waals surface area (Å²) >= 11 is 4.74. The summed E-state index contributed by atoms with van der Waals surface area (Å²) < 4.78 is 14.6. The quantitative estimate of drug-likeness (QED) is 0.809. The minimum atomic E-state index is -0.371. The van der Waals surface area contributed by atoms with Crippen LogP contribution in [0.2, 0.25) is 0 Å². The molecule has 0 aromatic heterocycles. The molecule has 17 heavy (non-hydrogen) atoms. The molecule has 0 saturated carbocycles. The highest BCUT2D eigenvalue weighted by Crippen LogP contribution is 2.34. The van der Waals surface area contributed by atoms with Crippen LogP contribution in [0.1, 0.15) is 5.56 Å². The van der Waals surface area contributed by atoms with Gasteiger partial charge in [0.1, 0.15) is 5.82 Å². The van der Waals surface area contributed by atoms with Crippen LogP contribution < -0.4 is 0 Å². The predicted molar refractivity (Wildman–Crippen MR) is 69.4 cm³/mol. The Hall–Kier alpha value is -1.31. The van der Waals surface area contributed by atoms with E-state index in [-0.39, 0.29) is 5.82 Å². The minimum Gasteiger partial charge on any atom is -0.206 e. The molecule has 0 unspecified atom stereocenters. The molecule has 2 aromatic rings. The molecule has 0 aliphatic heterocycles. The molecule has 0 heterocycles. The molecule has 0 radical (unpaired) electrons. The lowest BCUT2D eigenvalue weighted by molar-refractivity contribution is 0.601. The highest BCUT2D eigenvalue weighted by atomic mass is 79.9. The van der Waals surface area contributed by atoms with E-state index < -0.39 is 0 Å². The Morgan fingerprint density at radius 3 is 2.53 bits per heavy atom. The molecular weight excluding hydrogens is 301 g/mol. The van der Waals surface area contributed by atoms with Crippen molar-refractivity contribution in [3.05, 3.63) is 58.3 Å². The van der Waals surface area contributed by atoms with Crippen molar-refractivity contribution in [3.63, 3.8) is 0 Å². The maximum absolute atomic E-state index is 13.7. The fraction of sp³-hybridized carbons (Fsp3) is 0. The van der Waals surface area contributed by atoms with Crippen LogP contribution in [0.25, 0.3) is 0 Å². The Morgan fingerprint density at radius 2 is 1.88 bits per heavy atom. The van der Waals surface area contributed by atoms with E-state index in [2.05, 4.69) is 15.9 Å². The van der Waals surface area contributed by atoms with Gasteiger partial charge >= 0.3 is 0 Å². The van der Waals surface area contributed by atoms with Crippen molar-refractivity contribution in [1.82, 2.24) is 0 Å². The number of hydrogen-bond donors (Lipinski definition) is 0.